The normalized spacial score (nSPS) is 13.7. The number of hydrogen-bond acceptors (Lipinski definition) is 3. The number of nitrogens with zero attached hydrogens (tertiary/aromatic N) is 2. The molecule has 2 N–H and O–H groups in total. The quantitative estimate of drug-likeness (QED) is 0.725. The predicted molar refractivity (Wildman–Crippen MR) is 93.5 cm³/mol. The number of aliphatic hydroxyl groups is 1. The third kappa shape index (κ3) is 3.03. The van der Waals surface area contributed by atoms with Gasteiger partial charge in [0.2, 0.25) is 5.91 Å². The van der Waals surface area contributed by atoms with Crippen molar-refractivity contribution < 1.29 is 23.1 Å². The summed E-state index contributed by atoms with van der Waals surface area (Å²) in [6.07, 6.45) is -0.0132. The molecular formula is C19H14F3N3O2. The SMILES string of the molecule is O=C(CC1=C(O)CCn2c1nc1ccccc12)Nc1c(F)cc(F)cc1F. The summed E-state index contributed by atoms with van der Waals surface area (Å²) in [5.41, 5.74) is 1.15. The van der Waals surface area contributed by atoms with Crippen LogP contribution in [0.2, 0.25) is 0 Å². The monoisotopic (exact) mass is 373 g/mol. The van der Waals surface area contributed by atoms with Crippen molar-refractivity contribution in [3.05, 3.63) is 65.4 Å². The standard InChI is InChI=1S/C19H14F3N3O2/c20-10-7-12(21)18(13(22)8-10)24-17(27)9-11-16(26)5-6-25-15-4-2-1-3-14(15)23-19(11)25/h1-4,7-8,26H,5-6,9H2,(H,24,27). The maximum Gasteiger partial charge on any atom is 0.229 e. The van der Waals surface area contributed by atoms with Crippen LogP contribution in [0.4, 0.5) is 18.9 Å². The van der Waals surface area contributed by atoms with Crippen LogP contribution in [-0.2, 0) is 11.3 Å². The lowest BCUT2D eigenvalue weighted by molar-refractivity contribution is -0.115. The number of aryl methyl sites for hydroxylation is 1. The predicted octanol–water partition coefficient (Wildman–Crippen LogP) is 4.16. The van der Waals surface area contributed by atoms with Crippen LogP contribution in [0.15, 0.2) is 42.2 Å². The minimum Gasteiger partial charge on any atom is -0.512 e. The highest BCUT2D eigenvalue weighted by Gasteiger charge is 2.25. The van der Waals surface area contributed by atoms with E-state index in [9.17, 15) is 23.1 Å². The number of nitrogens with one attached hydrogen (secondary N) is 1. The number of hydrogen-bond donors (Lipinski definition) is 2. The maximum atomic E-state index is 13.7. The molecule has 2 heterocycles. The fraction of sp³-hybridized carbons (Fsp3) is 0.158. The number of imidazole rings is 1. The molecule has 0 saturated heterocycles. The van der Waals surface area contributed by atoms with Crippen molar-refractivity contribution in [1.82, 2.24) is 9.55 Å². The zero-order valence-electron chi connectivity index (χ0n) is 14.0. The van der Waals surface area contributed by atoms with Crippen LogP contribution in [0, 0.1) is 17.5 Å². The summed E-state index contributed by atoms with van der Waals surface area (Å²) < 4.78 is 42.3. The van der Waals surface area contributed by atoms with Gasteiger partial charge in [-0.2, -0.15) is 0 Å². The molecule has 0 atom stereocenters. The van der Waals surface area contributed by atoms with E-state index < -0.39 is 29.0 Å². The van der Waals surface area contributed by atoms with Crippen LogP contribution in [0.5, 0.6) is 0 Å². The van der Waals surface area contributed by atoms with Crippen LogP contribution in [0.1, 0.15) is 18.7 Å². The zero-order chi connectivity index (χ0) is 19.1. The molecule has 8 heteroatoms. The van der Waals surface area contributed by atoms with Gasteiger partial charge in [0.25, 0.3) is 0 Å². The number of amides is 1. The van der Waals surface area contributed by atoms with Gasteiger partial charge >= 0.3 is 0 Å². The summed E-state index contributed by atoms with van der Waals surface area (Å²) >= 11 is 0. The highest BCUT2D eigenvalue weighted by Crippen LogP contribution is 2.32. The summed E-state index contributed by atoms with van der Waals surface area (Å²) in [6, 6.07) is 8.36. The summed E-state index contributed by atoms with van der Waals surface area (Å²) in [7, 11) is 0. The molecular weight excluding hydrogens is 359 g/mol. The van der Waals surface area contributed by atoms with Gasteiger partial charge in [0, 0.05) is 30.7 Å². The Bertz CT molecular complexity index is 1080. The summed E-state index contributed by atoms with van der Waals surface area (Å²) in [6.45, 7) is 0.508. The van der Waals surface area contributed by atoms with Crippen LogP contribution in [0.25, 0.3) is 16.6 Å². The fourth-order valence-electron chi connectivity index (χ4n) is 3.22. The van der Waals surface area contributed by atoms with Crippen molar-refractivity contribution in [2.75, 3.05) is 5.32 Å². The van der Waals surface area contributed by atoms with Gasteiger partial charge in [-0.05, 0) is 12.1 Å². The lowest BCUT2D eigenvalue weighted by Crippen LogP contribution is -2.19. The maximum absolute atomic E-state index is 13.7. The molecule has 1 aliphatic heterocycles. The molecule has 2 aromatic carbocycles. The Morgan fingerprint density at radius 2 is 1.89 bits per heavy atom. The van der Waals surface area contributed by atoms with E-state index in [4.69, 9.17) is 0 Å². The Balaban J connectivity index is 1.64. The first-order valence-corrected chi connectivity index (χ1v) is 8.25. The summed E-state index contributed by atoms with van der Waals surface area (Å²) in [5.74, 6) is -3.81. The zero-order valence-corrected chi connectivity index (χ0v) is 14.0. The van der Waals surface area contributed by atoms with Gasteiger partial charge in [-0.1, -0.05) is 12.1 Å². The van der Waals surface area contributed by atoms with E-state index >= 15 is 0 Å². The number of allylic oxidation sites excluding steroid dienone is 1. The van der Waals surface area contributed by atoms with Crippen molar-refractivity contribution in [3.63, 3.8) is 0 Å². The molecule has 4 rings (SSSR count). The first-order chi connectivity index (χ1) is 12.9. The molecule has 1 aliphatic rings. The van der Waals surface area contributed by atoms with Crippen molar-refractivity contribution in [1.29, 1.82) is 0 Å². The molecule has 0 aliphatic carbocycles. The molecule has 0 saturated carbocycles. The number of para-hydroxylation sites is 2. The van der Waals surface area contributed by atoms with Gasteiger partial charge in [-0.3, -0.25) is 4.79 Å². The number of aliphatic hydroxyl groups excluding tert-OH is 1. The van der Waals surface area contributed by atoms with Crippen LogP contribution >= 0.6 is 0 Å². The van der Waals surface area contributed by atoms with Crippen molar-refractivity contribution >= 4 is 28.2 Å². The second-order valence-electron chi connectivity index (χ2n) is 6.22. The highest BCUT2D eigenvalue weighted by atomic mass is 19.1. The van der Waals surface area contributed by atoms with Gasteiger partial charge < -0.3 is 15.0 Å². The molecule has 0 bridgehead atoms. The van der Waals surface area contributed by atoms with Crippen LogP contribution in [0.3, 0.4) is 0 Å². The van der Waals surface area contributed by atoms with Gasteiger partial charge in [0.1, 0.15) is 23.1 Å². The minimum atomic E-state index is -1.21. The average Bonchev–Trinajstić information content (AvgIpc) is 2.99. The third-order valence-electron chi connectivity index (χ3n) is 4.45. The molecule has 5 nitrogen and oxygen atoms in total. The van der Waals surface area contributed by atoms with E-state index in [-0.39, 0.29) is 17.8 Å². The van der Waals surface area contributed by atoms with E-state index in [0.29, 0.717) is 30.9 Å². The lowest BCUT2D eigenvalue weighted by atomic mass is 10.0. The molecule has 1 aromatic heterocycles. The minimum absolute atomic E-state index is 0.00741. The average molecular weight is 373 g/mol. The topological polar surface area (TPSA) is 67.1 Å². The van der Waals surface area contributed by atoms with Crippen LogP contribution in [-0.4, -0.2) is 20.6 Å². The largest absolute Gasteiger partial charge is 0.512 e. The number of aromatic nitrogens is 2. The van der Waals surface area contributed by atoms with Gasteiger partial charge in [0.15, 0.2) is 11.6 Å². The van der Waals surface area contributed by atoms with E-state index in [0.717, 1.165) is 11.0 Å². The lowest BCUT2D eigenvalue weighted by Gasteiger charge is -2.19. The second kappa shape index (κ2) is 6.46. The van der Waals surface area contributed by atoms with Crippen LogP contribution < -0.4 is 5.32 Å². The molecule has 138 valence electrons. The number of carbonyl (C=O) groups excluding carboxylic acids is 1. The molecule has 1 amide bonds. The third-order valence-corrected chi connectivity index (χ3v) is 4.45. The number of halogens is 3. The Kier molecular flexibility index (Phi) is 4.10. The molecule has 3 aromatic rings. The number of anilines is 1. The molecule has 27 heavy (non-hydrogen) atoms. The van der Waals surface area contributed by atoms with E-state index in [1.54, 1.807) is 0 Å². The Labute approximate surface area is 151 Å². The smallest absolute Gasteiger partial charge is 0.229 e. The highest BCUT2D eigenvalue weighted by molar-refractivity contribution is 5.98. The van der Waals surface area contributed by atoms with E-state index in [2.05, 4.69) is 10.3 Å². The molecule has 0 fully saturated rings. The fourth-order valence-corrected chi connectivity index (χ4v) is 3.22. The molecule has 0 radical (unpaired) electrons. The number of fused-ring (bicyclic) bond motifs is 3. The van der Waals surface area contributed by atoms with E-state index in [1.807, 2.05) is 28.8 Å². The van der Waals surface area contributed by atoms with Crippen molar-refractivity contribution in [2.24, 2.45) is 0 Å². The number of rotatable bonds is 3. The van der Waals surface area contributed by atoms with Gasteiger partial charge in [-0.15, -0.1) is 0 Å². The molecule has 0 spiro atoms. The summed E-state index contributed by atoms with van der Waals surface area (Å²) in [4.78, 5) is 16.8. The van der Waals surface area contributed by atoms with Crippen molar-refractivity contribution in [3.8, 4) is 0 Å². The first-order valence-electron chi connectivity index (χ1n) is 8.25. The van der Waals surface area contributed by atoms with Crippen molar-refractivity contribution in [2.45, 2.75) is 19.4 Å². The Hall–Kier alpha value is -3.29. The first kappa shape index (κ1) is 17.1. The van der Waals surface area contributed by atoms with Gasteiger partial charge in [0.05, 0.1) is 17.5 Å². The van der Waals surface area contributed by atoms with Gasteiger partial charge in [-0.25, -0.2) is 18.2 Å². The number of carbonyl (C=O) groups is 1. The Morgan fingerprint density at radius 1 is 1.19 bits per heavy atom. The number of benzene rings is 2. The molecule has 0 unspecified atom stereocenters. The Morgan fingerprint density at radius 3 is 2.63 bits per heavy atom. The summed E-state index contributed by atoms with van der Waals surface area (Å²) in [5, 5.41) is 12.4. The van der Waals surface area contributed by atoms with E-state index in [1.165, 1.54) is 0 Å². The second-order valence-corrected chi connectivity index (χ2v) is 6.22.